The molecule has 4 heteroatoms. The zero-order valence-corrected chi connectivity index (χ0v) is 17.1. The van der Waals surface area contributed by atoms with E-state index in [4.69, 9.17) is 4.74 Å². The zero-order valence-electron chi connectivity index (χ0n) is 17.1. The molecule has 0 aromatic heterocycles. The summed E-state index contributed by atoms with van der Waals surface area (Å²) in [5.41, 5.74) is 3.88. The van der Waals surface area contributed by atoms with Crippen LogP contribution in [0.4, 0.5) is 0 Å². The number of hydrogen-bond acceptors (Lipinski definition) is 3. The van der Waals surface area contributed by atoms with Gasteiger partial charge in [-0.25, -0.2) is 0 Å². The average molecular weight is 381 g/mol. The maximum absolute atomic E-state index is 12.3. The van der Waals surface area contributed by atoms with Gasteiger partial charge in [0.1, 0.15) is 5.75 Å². The molecule has 1 heterocycles. The van der Waals surface area contributed by atoms with E-state index in [2.05, 4.69) is 48.3 Å². The van der Waals surface area contributed by atoms with Crippen LogP contribution < -0.4 is 10.1 Å². The van der Waals surface area contributed by atoms with Crippen molar-refractivity contribution in [3.8, 4) is 5.75 Å². The van der Waals surface area contributed by atoms with Crippen molar-refractivity contribution < 1.29 is 9.53 Å². The van der Waals surface area contributed by atoms with Crippen molar-refractivity contribution >= 4 is 5.91 Å². The number of carbonyl (C=O) groups is 1. The molecule has 0 spiro atoms. The van der Waals surface area contributed by atoms with Crippen LogP contribution in [-0.2, 0) is 17.6 Å². The van der Waals surface area contributed by atoms with E-state index in [-0.39, 0.29) is 18.6 Å². The predicted molar refractivity (Wildman–Crippen MR) is 114 cm³/mol. The largest absolute Gasteiger partial charge is 0.484 e. The number of likely N-dealkylation sites (tertiary alicyclic amines) is 1. The SMILES string of the molecule is CCc1ccc(OCC(=O)NC[C@H](c2ccc(CC)cc2)N2CCCC2)cc1. The lowest BCUT2D eigenvalue weighted by molar-refractivity contribution is -0.123. The van der Waals surface area contributed by atoms with Crippen molar-refractivity contribution in [1.29, 1.82) is 0 Å². The minimum atomic E-state index is -0.0751. The van der Waals surface area contributed by atoms with Gasteiger partial charge in [-0.15, -0.1) is 0 Å². The summed E-state index contributed by atoms with van der Waals surface area (Å²) < 4.78 is 5.64. The van der Waals surface area contributed by atoms with E-state index in [0.29, 0.717) is 6.54 Å². The summed E-state index contributed by atoms with van der Waals surface area (Å²) in [5.74, 6) is 0.660. The second kappa shape index (κ2) is 10.3. The van der Waals surface area contributed by atoms with Crippen LogP contribution in [0.25, 0.3) is 0 Å². The molecular weight excluding hydrogens is 348 g/mol. The van der Waals surface area contributed by atoms with Crippen LogP contribution in [0.15, 0.2) is 48.5 Å². The number of amides is 1. The zero-order chi connectivity index (χ0) is 19.8. The van der Waals surface area contributed by atoms with E-state index in [1.165, 1.54) is 29.5 Å². The molecule has 0 bridgehead atoms. The van der Waals surface area contributed by atoms with Gasteiger partial charge in [-0.05, 0) is 67.6 Å². The van der Waals surface area contributed by atoms with Crippen LogP contribution in [0.2, 0.25) is 0 Å². The van der Waals surface area contributed by atoms with Gasteiger partial charge < -0.3 is 10.1 Å². The van der Waals surface area contributed by atoms with Gasteiger partial charge in [0.15, 0.2) is 6.61 Å². The highest BCUT2D eigenvalue weighted by Gasteiger charge is 2.24. The first-order valence-electron chi connectivity index (χ1n) is 10.5. The summed E-state index contributed by atoms with van der Waals surface area (Å²) in [4.78, 5) is 14.8. The van der Waals surface area contributed by atoms with Crippen molar-refractivity contribution in [2.45, 2.75) is 45.6 Å². The number of benzene rings is 2. The molecule has 2 aromatic carbocycles. The number of nitrogens with one attached hydrogen (secondary N) is 1. The van der Waals surface area contributed by atoms with Crippen molar-refractivity contribution in [2.75, 3.05) is 26.2 Å². The Labute approximate surface area is 168 Å². The van der Waals surface area contributed by atoms with Crippen molar-refractivity contribution in [1.82, 2.24) is 10.2 Å². The van der Waals surface area contributed by atoms with E-state index in [0.717, 1.165) is 31.7 Å². The molecular formula is C24H32N2O2. The summed E-state index contributed by atoms with van der Waals surface area (Å²) in [6.45, 7) is 7.14. The first kappa shape index (κ1) is 20.4. The Morgan fingerprint density at radius 1 is 0.964 bits per heavy atom. The molecule has 150 valence electrons. The predicted octanol–water partition coefficient (Wildman–Crippen LogP) is 4.14. The summed E-state index contributed by atoms with van der Waals surface area (Å²) in [6, 6.07) is 17.0. The van der Waals surface area contributed by atoms with Gasteiger partial charge in [0.2, 0.25) is 0 Å². The third-order valence-electron chi connectivity index (χ3n) is 5.55. The number of hydrogen-bond donors (Lipinski definition) is 1. The van der Waals surface area contributed by atoms with Gasteiger partial charge >= 0.3 is 0 Å². The van der Waals surface area contributed by atoms with E-state index in [1.807, 2.05) is 24.3 Å². The van der Waals surface area contributed by atoms with Crippen LogP contribution in [0.5, 0.6) is 5.75 Å². The molecule has 4 nitrogen and oxygen atoms in total. The average Bonchev–Trinajstić information content (AvgIpc) is 3.28. The third-order valence-corrected chi connectivity index (χ3v) is 5.55. The van der Waals surface area contributed by atoms with Gasteiger partial charge in [0, 0.05) is 6.54 Å². The topological polar surface area (TPSA) is 41.6 Å². The lowest BCUT2D eigenvalue weighted by Crippen LogP contribution is -2.38. The van der Waals surface area contributed by atoms with Crippen molar-refractivity contribution in [2.24, 2.45) is 0 Å². The third kappa shape index (κ3) is 5.59. The summed E-state index contributed by atoms with van der Waals surface area (Å²) in [5, 5.41) is 3.07. The lowest BCUT2D eigenvalue weighted by Gasteiger charge is -2.28. The molecule has 1 N–H and O–H groups in total. The minimum absolute atomic E-state index is 0.0486. The molecule has 28 heavy (non-hydrogen) atoms. The molecule has 1 aliphatic heterocycles. The molecule has 1 saturated heterocycles. The Morgan fingerprint density at radius 3 is 2.11 bits per heavy atom. The van der Waals surface area contributed by atoms with Crippen LogP contribution in [-0.4, -0.2) is 37.0 Å². The smallest absolute Gasteiger partial charge is 0.258 e. The fraction of sp³-hybridized carbons (Fsp3) is 0.458. The first-order chi connectivity index (χ1) is 13.7. The second-order valence-electron chi connectivity index (χ2n) is 7.44. The molecule has 0 unspecified atom stereocenters. The van der Waals surface area contributed by atoms with Crippen LogP contribution in [0.3, 0.4) is 0 Å². The van der Waals surface area contributed by atoms with Crippen LogP contribution in [0.1, 0.15) is 49.4 Å². The Hall–Kier alpha value is -2.33. The Morgan fingerprint density at radius 2 is 1.54 bits per heavy atom. The first-order valence-corrected chi connectivity index (χ1v) is 10.5. The maximum atomic E-state index is 12.3. The molecule has 2 aromatic rings. The molecule has 1 fully saturated rings. The van der Waals surface area contributed by atoms with E-state index >= 15 is 0 Å². The summed E-state index contributed by atoms with van der Waals surface area (Å²) in [7, 11) is 0. The number of aryl methyl sites for hydroxylation is 2. The highest BCUT2D eigenvalue weighted by Crippen LogP contribution is 2.25. The number of ether oxygens (including phenoxy) is 1. The number of rotatable bonds is 9. The molecule has 0 aliphatic carbocycles. The minimum Gasteiger partial charge on any atom is -0.484 e. The van der Waals surface area contributed by atoms with Crippen molar-refractivity contribution in [3.05, 3.63) is 65.2 Å². The van der Waals surface area contributed by atoms with Gasteiger partial charge in [-0.1, -0.05) is 50.2 Å². The standard InChI is InChI=1S/C24H32N2O2/c1-3-19-7-11-21(12-8-19)23(26-15-5-6-16-26)17-25-24(27)18-28-22-13-9-20(4-2)10-14-22/h7-14,23H,3-6,15-18H2,1-2H3,(H,25,27)/t23-/m1/s1. The Bertz CT molecular complexity index is 734. The van der Waals surface area contributed by atoms with Gasteiger partial charge in [0.05, 0.1) is 6.04 Å². The molecule has 3 rings (SSSR count). The highest BCUT2D eigenvalue weighted by molar-refractivity contribution is 5.77. The van der Waals surface area contributed by atoms with E-state index < -0.39 is 0 Å². The van der Waals surface area contributed by atoms with Gasteiger partial charge in [-0.2, -0.15) is 0 Å². The molecule has 0 saturated carbocycles. The number of carbonyl (C=O) groups excluding carboxylic acids is 1. The Kier molecular flexibility index (Phi) is 7.49. The van der Waals surface area contributed by atoms with Crippen LogP contribution >= 0.6 is 0 Å². The molecule has 0 radical (unpaired) electrons. The quantitative estimate of drug-likeness (QED) is 0.711. The van der Waals surface area contributed by atoms with Crippen molar-refractivity contribution in [3.63, 3.8) is 0 Å². The van der Waals surface area contributed by atoms with Gasteiger partial charge in [0.25, 0.3) is 5.91 Å². The fourth-order valence-corrected chi connectivity index (χ4v) is 3.72. The molecule has 1 atom stereocenters. The Balaban J connectivity index is 1.55. The van der Waals surface area contributed by atoms with Gasteiger partial charge in [-0.3, -0.25) is 9.69 Å². The highest BCUT2D eigenvalue weighted by atomic mass is 16.5. The maximum Gasteiger partial charge on any atom is 0.258 e. The number of nitrogens with zero attached hydrogens (tertiary/aromatic N) is 1. The monoisotopic (exact) mass is 380 g/mol. The van der Waals surface area contributed by atoms with Crippen LogP contribution in [0, 0.1) is 0 Å². The summed E-state index contributed by atoms with van der Waals surface area (Å²) >= 11 is 0. The molecule has 1 aliphatic rings. The normalized spacial score (nSPS) is 15.4. The van der Waals surface area contributed by atoms with E-state index in [1.54, 1.807) is 0 Å². The molecule has 1 amide bonds. The fourth-order valence-electron chi connectivity index (χ4n) is 3.72. The second-order valence-corrected chi connectivity index (χ2v) is 7.44. The van der Waals surface area contributed by atoms with E-state index in [9.17, 15) is 4.79 Å². The lowest BCUT2D eigenvalue weighted by atomic mass is 10.0. The summed E-state index contributed by atoms with van der Waals surface area (Å²) in [6.07, 6.45) is 4.50.